The lowest BCUT2D eigenvalue weighted by Crippen LogP contribution is -2.20. The maximum atomic E-state index is 13.2. The van der Waals surface area contributed by atoms with Crippen molar-refractivity contribution in [3.63, 3.8) is 0 Å². The summed E-state index contributed by atoms with van der Waals surface area (Å²) in [6, 6.07) is 9.06. The molecule has 0 radical (unpaired) electrons. The highest BCUT2D eigenvalue weighted by Crippen LogP contribution is 2.30. The number of furan rings is 1. The molecule has 0 bridgehead atoms. The third-order valence-electron chi connectivity index (χ3n) is 4.09. The first-order chi connectivity index (χ1) is 13.1. The number of ether oxygens (including phenoxy) is 1. The van der Waals surface area contributed by atoms with E-state index in [0.29, 0.717) is 21.5 Å². The van der Waals surface area contributed by atoms with Crippen LogP contribution >= 0.6 is 11.3 Å². The van der Waals surface area contributed by atoms with Gasteiger partial charge in [-0.15, -0.1) is 11.3 Å². The maximum absolute atomic E-state index is 13.2. The lowest BCUT2D eigenvalue weighted by Gasteiger charge is -2.05. The number of carbonyl (C=O) groups is 1. The van der Waals surface area contributed by atoms with Crippen LogP contribution in [0.25, 0.3) is 21.3 Å². The SMILES string of the molecule is COC(=O)c1ccc(Cn2cnc3scc(-c4ccc(F)cc4)c3c2=O)o1. The lowest BCUT2D eigenvalue weighted by molar-refractivity contribution is 0.0563. The highest BCUT2D eigenvalue weighted by Gasteiger charge is 2.15. The highest BCUT2D eigenvalue weighted by atomic mass is 32.1. The fraction of sp³-hybridized carbons (Fsp3) is 0.105. The zero-order chi connectivity index (χ0) is 19.0. The molecule has 3 aromatic heterocycles. The van der Waals surface area contributed by atoms with Crippen molar-refractivity contribution in [3.05, 3.63) is 75.8 Å². The van der Waals surface area contributed by atoms with Crippen molar-refractivity contribution in [1.82, 2.24) is 9.55 Å². The van der Waals surface area contributed by atoms with Gasteiger partial charge in [0.2, 0.25) is 5.76 Å². The van der Waals surface area contributed by atoms with Crippen molar-refractivity contribution < 1.29 is 18.3 Å². The molecule has 4 aromatic rings. The van der Waals surface area contributed by atoms with Gasteiger partial charge in [-0.3, -0.25) is 9.36 Å². The molecule has 4 rings (SSSR count). The Kier molecular flexibility index (Phi) is 4.33. The number of methoxy groups -OCH3 is 1. The summed E-state index contributed by atoms with van der Waals surface area (Å²) >= 11 is 1.35. The average Bonchev–Trinajstić information content (AvgIpc) is 3.31. The van der Waals surface area contributed by atoms with Crippen molar-refractivity contribution in [3.8, 4) is 11.1 Å². The second-order valence-electron chi connectivity index (χ2n) is 5.77. The van der Waals surface area contributed by atoms with E-state index in [2.05, 4.69) is 9.72 Å². The first-order valence-electron chi connectivity index (χ1n) is 7.96. The number of aromatic nitrogens is 2. The number of benzene rings is 1. The van der Waals surface area contributed by atoms with Gasteiger partial charge >= 0.3 is 5.97 Å². The Labute approximate surface area is 156 Å². The predicted molar refractivity (Wildman–Crippen MR) is 98.4 cm³/mol. The minimum atomic E-state index is -0.585. The summed E-state index contributed by atoms with van der Waals surface area (Å²) < 4.78 is 24.6. The highest BCUT2D eigenvalue weighted by molar-refractivity contribution is 7.17. The molecule has 0 saturated heterocycles. The van der Waals surface area contributed by atoms with Crippen LogP contribution in [0.4, 0.5) is 4.39 Å². The van der Waals surface area contributed by atoms with E-state index in [0.717, 1.165) is 5.56 Å². The Morgan fingerprint density at radius 1 is 1.26 bits per heavy atom. The van der Waals surface area contributed by atoms with Crippen molar-refractivity contribution in [1.29, 1.82) is 0 Å². The third-order valence-corrected chi connectivity index (χ3v) is 4.98. The fourth-order valence-electron chi connectivity index (χ4n) is 2.76. The lowest BCUT2D eigenvalue weighted by atomic mass is 10.1. The Morgan fingerprint density at radius 2 is 2.04 bits per heavy atom. The zero-order valence-corrected chi connectivity index (χ0v) is 15.0. The molecule has 136 valence electrons. The van der Waals surface area contributed by atoms with Crippen LogP contribution < -0.4 is 5.56 Å². The van der Waals surface area contributed by atoms with Crippen LogP contribution in [0.15, 0.2) is 57.3 Å². The number of rotatable bonds is 4. The molecule has 0 spiro atoms. The van der Waals surface area contributed by atoms with Gasteiger partial charge < -0.3 is 9.15 Å². The summed E-state index contributed by atoms with van der Waals surface area (Å²) in [6.07, 6.45) is 1.44. The van der Waals surface area contributed by atoms with Crippen molar-refractivity contribution >= 4 is 27.5 Å². The maximum Gasteiger partial charge on any atom is 0.373 e. The Morgan fingerprint density at radius 3 is 2.78 bits per heavy atom. The third kappa shape index (κ3) is 3.15. The molecule has 0 N–H and O–H groups in total. The molecule has 6 nitrogen and oxygen atoms in total. The standard InChI is InChI=1S/C19H13FN2O4S/c1-25-19(24)15-7-6-13(26-15)8-22-10-21-17-16(18(22)23)14(9-27-17)11-2-4-12(20)5-3-11/h2-7,9-10H,8H2,1H3. The number of thiophene rings is 1. The predicted octanol–water partition coefficient (Wildman–Crippen LogP) is 3.69. The molecular weight excluding hydrogens is 371 g/mol. The van der Waals surface area contributed by atoms with Crippen molar-refractivity contribution in [2.75, 3.05) is 7.11 Å². The molecule has 8 heteroatoms. The van der Waals surface area contributed by atoms with Gasteiger partial charge in [-0.1, -0.05) is 12.1 Å². The Balaban J connectivity index is 1.74. The van der Waals surface area contributed by atoms with E-state index in [4.69, 9.17) is 4.42 Å². The quantitative estimate of drug-likeness (QED) is 0.502. The molecule has 0 unspecified atom stereocenters. The molecule has 0 aliphatic rings. The molecule has 0 amide bonds. The van der Waals surface area contributed by atoms with E-state index >= 15 is 0 Å². The Bertz CT molecular complexity index is 1190. The summed E-state index contributed by atoms with van der Waals surface area (Å²) in [7, 11) is 1.26. The van der Waals surface area contributed by atoms with Crippen LogP contribution in [0.2, 0.25) is 0 Å². The Hall–Kier alpha value is -3.26. The van der Waals surface area contributed by atoms with E-state index in [9.17, 15) is 14.0 Å². The second-order valence-corrected chi connectivity index (χ2v) is 6.63. The number of halogens is 1. The summed E-state index contributed by atoms with van der Waals surface area (Å²) in [6.45, 7) is 0.122. The normalized spacial score (nSPS) is 11.0. The van der Waals surface area contributed by atoms with E-state index < -0.39 is 5.97 Å². The van der Waals surface area contributed by atoms with Gasteiger partial charge in [-0.25, -0.2) is 14.2 Å². The van der Waals surface area contributed by atoms with E-state index in [-0.39, 0.29) is 23.7 Å². The van der Waals surface area contributed by atoms with Crippen LogP contribution in [0, 0.1) is 5.82 Å². The van der Waals surface area contributed by atoms with Gasteiger partial charge in [0.1, 0.15) is 16.4 Å². The molecule has 0 fully saturated rings. The van der Waals surface area contributed by atoms with Crippen molar-refractivity contribution in [2.24, 2.45) is 0 Å². The summed E-state index contributed by atoms with van der Waals surface area (Å²) in [5.41, 5.74) is 1.21. The molecule has 3 heterocycles. The summed E-state index contributed by atoms with van der Waals surface area (Å²) in [4.78, 5) is 29.4. The number of hydrogen-bond acceptors (Lipinski definition) is 6. The molecule has 0 aliphatic carbocycles. The van der Waals surface area contributed by atoms with Crippen LogP contribution in [-0.4, -0.2) is 22.6 Å². The van der Waals surface area contributed by atoms with E-state index in [1.54, 1.807) is 18.2 Å². The molecule has 0 aliphatic heterocycles. The number of esters is 1. The monoisotopic (exact) mass is 384 g/mol. The van der Waals surface area contributed by atoms with Crippen molar-refractivity contribution in [2.45, 2.75) is 6.54 Å². The largest absolute Gasteiger partial charge is 0.463 e. The van der Waals surface area contributed by atoms with E-state index in [1.807, 2.05) is 5.38 Å². The number of hydrogen-bond donors (Lipinski definition) is 0. The topological polar surface area (TPSA) is 74.3 Å². The molecule has 27 heavy (non-hydrogen) atoms. The summed E-state index contributed by atoms with van der Waals surface area (Å²) in [5, 5.41) is 2.30. The average molecular weight is 384 g/mol. The minimum Gasteiger partial charge on any atom is -0.463 e. The van der Waals surface area contributed by atoms with Crippen LogP contribution in [0.5, 0.6) is 0 Å². The molecular formula is C19H13FN2O4S. The van der Waals surface area contributed by atoms with Crippen LogP contribution in [0.1, 0.15) is 16.3 Å². The number of nitrogens with zero attached hydrogens (tertiary/aromatic N) is 2. The first-order valence-corrected chi connectivity index (χ1v) is 8.84. The smallest absolute Gasteiger partial charge is 0.373 e. The van der Waals surface area contributed by atoms with Gasteiger partial charge in [0.15, 0.2) is 0 Å². The fourth-order valence-corrected chi connectivity index (χ4v) is 3.67. The van der Waals surface area contributed by atoms with Gasteiger partial charge in [0, 0.05) is 10.9 Å². The molecule has 1 aromatic carbocycles. The number of carbonyl (C=O) groups excluding carboxylic acids is 1. The summed E-state index contributed by atoms with van der Waals surface area (Å²) in [5.74, 6) is -0.430. The van der Waals surface area contributed by atoms with Crippen LogP contribution in [0.3, 0.4) is 0 Å². The number of fused-ring (bicyclic) bond motifs is 1. The van der Waals surface area contributed by atoms with Gasteiger partial charge in [-0.2, -0.15) is 0 Å². The second kappa shape index (κ2) is 6.81. The molecule has 0 saturated carbocycles. The van der Waals surface area contributed by atoms with Gasteiger partial charge in [0.25, 0.3) is 5.56 Å². The zero-order valence-electron chi connectivity index (χ0n) is 14.1. The van der Waals surface area contributed by atoms with E-state index in [1.165, 1.54) is 47.5 Å². The van der Waals surface area contributed by atoms with Gasteiger partial charge in [-0.05, 0) is 29.8 Å². The first kappa shape index (κ1) is 17.2. The van der Waals surface area contributed by atoms with Crippen LogP contribution in [-0.2, 0) is 11.3 Å². The molecule has 0 atom stereocenters. The minimum absolute atomic E-state index is 0.0668. The van der Waals surface area contributed by atoms with Gasteiger partial charge in [0.05, 0.1) is 25.4 Å².